The van der Waals surface area contributed by atoms with Crippen LogP contribution in [0.3, 0.4) is 0 Å². The third-order valence-electron chi connectivity index (χ3n) is 3.38. The summed E-state index contributed by atoms with van der Waals surface area (Å²) in [4.78, 5) is 13.9. The van der Waals surface area contributed by atoms with E-state index in [0.29, 0.717) is 25.9 Å². The van der Waals surface area contributed by atoms with Crippen LogP contribution in [-0.4, -0.2) is 41.4 Å². The number of carbonyl (C=O) groups is 1. The van der Waals surface area contributed by atoms with Crippen LogP contribution in [0.4, 0.5) is 0 Å². The number of amides is 1. The molecule has 1 aliphatic heterocycles. The lowest BCUT2D eigenvalue weighted by molar-refractivity contribution is -0.133. The molecule has 116 valence electrons. The fourth-order valence-corrected chi connectivity index (χ4v) is 2.35. The fraction of sp³-hybridized carbons (Fsp3) is 0.562. The molecule has 1 aliphatic rings. The average Bonchev–Trinajstić information content (AvgIpc) is 2.88. The molecule has 1 amide bonds. The van der Waals surface area contributed by atoms with Crippen molar-refractivity contribution in [3.05, 3.63) is 23.8 Å². The van der Waals surface area contributed by atoms with E-state index >= 15 is 0 Å². The highest BCUT2D eigenvalue weighted by atomic mass is 16.7. The smallest absolute Gasteiger partial charge is 0.231 e. The van der Waals surface area contributed by atoms with Gasteiger partial charge < -0.3 is 19.5 Å². The second kappa shape index (κ2) is 6.35. The largest absolute Gasteiger partial charge is 0.454 e. The van der Waals surface area contributed by atoms with Crippen molar-refractivity contribution in [2.75, 3.05) is 19.9 Å². The number of hydrogen-bond donors (Lipinski definition) is 1. The van der Waals surface area contributed by atoms with Gasteiger partial charge in [-0.1, -0.05) is 6.07 Å². The molecule has 1 N–H and O–H groups in total. The third-order valence-corrected chi connectivity index (χ3v) is 3.38. The molecular weight excluding hydrogens is 270 g/mol. The Labute approximate surface area is 125 Å². The monoisotopic (exact) mass is 293 g/mol. The van der Waals surface area contributed by atoms with E-state index in [0.717, 1.165) is 17.1 Å². The number of ether oxygens (including phenoxy) is 2. The lowest BCUT2D eigenvalue weighted by Crippen LogP contribution is -2.42. The van der Waals surface area contributed by atoms with Gasteiger partial charge in [0, 0.05) is 19.5 Å². The van der Waals surface area contributed by atoms with Crippen molar-refractivity contribution in [2.45, 2.75) is 39.2 Å². The summed E-state index contributed by atoms with van der Waals surface area (Å²) >= 11 is 0. The zero-order chi connectivity index (χ0) is 15.5. The molecule has 21 heavy (non-hydrogen) atoms. The van der Waals surface area contributed by atoms with Crippen molar-refractivity contribution >= 4 is 5.91 Å². The molecule has 5 nitrogen and oxygen atoms in total. The van der Waals surface area contributed by atoms with Gasteiger partial charge in [0.05, 0.1) is 5.60 Å². The first-order valence-electron chi connectivity index (χ1n) is 7.28. The van der Waals surface area contributed by atoms with Crippen LogP contribution in [0.1, 0.15) is 32.8 Å². The lowest BCUT2D eigenvalue weighted by atomic mass is 10.1. The summed E-state index contributed by atoms with van der Waals surface area (Å²) in [5, 5.41) is 9.83. The first kappa shape index (κ1) is 15.6. The van der Waals surface area contributed by atoms with Gasteiger partial charge in [-0.2, -0.15) is 0 Å². The topological polar surface area (TPSA) is 59.0 Å². The molecule has 0 unspecified atom stereocenters. The maximum Gasteiger partial charge on any atom is 0.231 e. The predicted octanol–water partition coefficient (Wildman–Crippen LogP) is 1.97. The minimum absolute atomic E-state index is 0.0530. The summed E-state index contributed by atoms with van der Waals surface area (Å²) in [5.41, 5.74) is 0.177. The summed E-state index contributed by atoms with van der Waals surface area (Å²) < 4.78 is 10.6. The molecule has 0 spiro atoms. The van der Waals surface area contributed by atoms with Gasteiger partial charge in [0.1, 0.15) is 0 Å². The highest BCUT2D eigenvalue weighted by Crippen LogP contribution is 2.32. The van der Waals surface area contributed by atoms with Crippen molar-refractivity contribution in [1.29, 1.82) is 0 Å². The van der Waals surface area contributed by atoms with Crippen LogP contribution in [0.5, 0.6) is 11.5 Å². The van der Waals surface area contributed by atoms with E-state index in [1.165, 1.54) is 0 Å². The van der Waals surface area contributed by atoms with E-state index in [2.05, 4.69) is 0 Å². The number of fused-ring (bicyclic) bond motifs is 1. The Kier molecular flexibility index (Phi) is 4.73. The molecule has 0 saturated carbocycles. The van der Waals surface area contributed by atoms with Gasteiger partial charge in [-0.25, -0.2) is 0 Å². The van der Waals surface area contributed by atoms with E-state index < -0.39 is 5.60 Å². The van der Waals surface area contributed by atoms with Crippen LogP contribution in [0.2, 0.25) is 0 Å². The highest BCUT2D eigenvalue weighted by Gasteiger charge is 2.21. The molecule has 2 rings (SSSR count). The predicted molar refractivity (Wildman–Crippen MR) is 79.4 cm³/mol. The summed E-state index contributed by atoms with van der Waals surface area (Å²) in [7, 11) is 0. The van der Waals surface area contributed by atoms with Crippen LogP contribution in [0.25, 0.3) is 0 Å². The maximum absolute atomic E-state index is 12.2. The van der Waals surface area contributed by atoms with E-state index in [-0.39, 0.29) is 12.7 Å². The average molecular weight is 293 g/mol. The Morgan fingerprint density at radius 3 is 2.71 bits per heavy atom. The quantitative estimate of drug-likeness (QED) is 0.871. The molecule has 0 aliphatic carbocycles. The van der Waals surface area contributed by atoms with Gasteiger partial charge >= 0.3 is 0 Å². The molecule has 1 heterocycles. The number of likely N-dealkylation sites (N-methyl/N-ethyl adjacent to an activating group) is 1. The fourth-order valence-electron chi connectivity index (χ4n) is 2.35. The molecule has 1 aromatic rings. The zero-order valence-corrected chi connectivity index (χ0v) is 12.9. The second-order valence-corrected chi connectivity index (χ2v) is 5.91. The Morgan fingerprint density at radius 2 is 2.05 bits per heavy atom. The van der Waals surface area contributed by atoms with Crippen molar-refractivity contribution in [3.63, 3.8) is 0 Å². The van der Waals surface area contributed by atoms with E-state index in [1.54, 1.807) is 18.7 Å². The molecule has 0 bridgehead atoms. The van der Waals surface area contributed by atoms with E-state index in [1.807, 2.05) is 25.1 Å². The first-order valence-corrected chi connectivity index (χ1v) is 7.28. The summed E-state index contributed by atoms with van der Waals surface area (Å²) in [6, 6.07) is 5.74. The Bertz CT molecular complexity index is 507. The summed E-state index contributed by atoms with van der Waals surface area (Å²) in [6.45, 7) is 6.55. The van der Waals surface area contributed by atoms with Gasteiger partial charge in [-0.15, -0.1) is 0 Å². The Hall–Kier alpha value is -1.75. The minimum atomic E-state index is -0.871. The molecule has 0 fully saturated rings. The van der Waals surface area contributed by atoms with Crippen LogP contribution in [0, 0.1) is 0 Å². The Balaban J connectivity index is 1.91. The van der Waals surface area contributed by atoms with Gasteiger partial charge in [0.2, 0.25) is 12.7 Å². The van der Waals surface area contributed by atoms with Gasteiger partial charge in [-0.3, -0.25) is 4.79 Å². The summed E-state index contributed by atoms with van der Waals surface area (Å²) in [5.74, 6) is 1.54. The molecule has 5 heteroatoms. The van der Waals surface area contributed by atoms with E-state index in [4.69, 9.17) is 9.47 Å². The number of aliphatic hydroxyl groups is 1. The zero-order valence-electron chi connectivity index (χ0n) is 12.9. The number of rotatable bonds is 6. The van der Waals surface area contributed by atoms with Crippen molar-refractivity contribution in [1.82, 2.24) is 4.90 Å². The molecular formula is C16H23NO4. The second-order valence-electron chi connectivity index (χ2n) is 5.91. The minimum Gasteiger partial charge on any atom is -0.454 e. The van der Waals surface area contributed by atoms with Crippen LogP contribution in [-0.2, 0) is 11.2 Å². The number of carbonyl (C=O) groups excluding carboxylic acids is 1. The van der Waals surface area contributed by atoms with E-state index in [9.17, 15) is 9.90 Å². The third kappa shape index (κ3) is 4.36. The molecule has 1 aromatic carbocycles. The number of nitrogens with zero attached hydrogens (tertiary/aromatic N) is 1. The van der Waals surface area contributed by atoms with Crippen LogP contribution in [0.15, 0.2) is 18.2 Å². The number of hydrogen-bond acceptors (Lipinski definition) is 4. The maximum atomic E-state index is 12.2. The first-order chi connectivity index (χ1) is 9.89. The molecule has 0 saturated heterocycles. The normalized spacial score (nSPS) is 13.3. The van der Waals surface area contributed by atoms with Crippen molar-refractivity contribution in [3.8, 4) is 11.5 Å². The molecule has 0 aromatic heterocycles. The summed E-state index contributed by atoms with van der Waals surface area (Å²) in [6.07, 6.45) is 1.07. The van der Waals surface area contributed by atoms with Crippen LogP contribution < -0.4 is 9.47 Å². The molecule has 0 atom stereocenters. The van der Waals surface area contributed by atoms with Gasteiger partial charge in [-0.05, 0) is 44.9 Å². The highest BCUT2D eigenvalue weighted by molar-refractivity contribution is 5.76. The van der Waals surface area contributed by atoms with Gasteiger partial charge in [0.25, 0.3) is 0 Å². The number of benzene rings is 1. The van der Waals surface area contributed by atoms with Crippen molar-refractivity contribution in [2.24, 2.45) is 0 Å². The Morgan fingerprint density at radius 1 is 1.33 bits per heavy atom. The van der Waals surface area contributed by atoms with Gasteiger partial charge in [0.15, 0.2) is 11.5 Å². The van der Waals surface area contributed by atoms with Crippen molar-refractivity contribution < 1.29 is 19.4 Å². The number of aryl methyl sites for hydroxylation is 1. The standard InChI is InChI=1S/C16H23NO4/c1-4-17(10-16(2,3)19)15(18)8-6-12-5-7-13-14(9-12)21-11-20-13/h5,7,9,19H,4,6,8,10-11H2,1-3H3. The lowest BCUT2D eigenvalue weighted by Gasteiger charge is -2.28. The SMILES string of the molecule is CCN(CC(C)(C)O)C(=O)CCc1ccc2c(c1)OCO2. The molecule has 0 radical (unpaired) electrons. The van der Waals surface area contributed by atoms with Crippen LogP contribution >= 0.6 is 0 Å².